The number of carbonyl (C=O) groups excluding carboxylic acids is 2. The number of hydrogen-bond donors (Lipinski definition) is 0. The van der Waals surface area contributed by atoms with Gasteiger partial charge in [0, 0.05) is 12.8 Å². The largest absolute Gasteiger partial charge is 0.393 e. The monoisotopic (exact) mass is 284 g/mol. The molecule has 0 atom stereocenters. The molecule has 0 saturated heterocycles. The highest BCUT2D eigenvalue weighted by Crippen LogP contribution is 2.09. The maximum absolute atomic E-state index is 11.4. The maximum Gasteiger partial charge on any atom is 0.313 e. The molecule has 3 nitrogen and oxygen atoms in total. The van der Waals surface area contributed by atoms with E-state index in [0.717, 1.165) is 38.5 Å². The topological polar surface area (TPSA) is 43.4 Å². The molecule has 3 heteroatoms. The zero-order valence-corrected chi connectivity index (χ0v) is 13.4. The molecule has 0 bridgehead atoms. The summed E-state index contributed by atoms with van der Waals surface area (Å²) in [4.78, 5) is 22.8. The van der Waals surface area contributed by atoms with Crippen LogP contribution in [0.25, 0.3) is 0 Å². The summed E-state index contributed by atoms with van der Waals surface area (Å²) in [7, 11) is 0. The van der Waals surface area contributed by atoms with Gasteiger partial charge in [-0.1, -0.05) is 71.6 Å². The minimum absolute atomic E-state index is 0.348. The van der Waals surface area contributed by atoms with Crippen molar-refractivity contribution in [1.29, 1.82) is 0 Å². The molecule has 0 saturated carbocycles. The van der Waals surface area contributed by atoms with Crippen molar-refractivity contribution in [2.45, 2.75) is 97.3 Å². The third kappa shape index (κ3) is 13.6. The molecule has 118 valence electrons. The molecule has 0 aliphatic carbocycles. The minimum atomic E-state index is -0.353. The molecule has 0 aliphatic heterocycles. The second kappa shape index (κ2) is 14.5. The number of rotatable bonds is 13. The van der Waals surface area contributed by atoms with Crippen LogP contribution in [0.4, 0.5) is 0 Å². The number of hydrogen-bond acceptors (Lipinski definition) is 3. The van der Waals surface area contributed by atoms with Crippen LogP contribution in [0.1, 0.15) is 97.3 Å². The molecular weight excluding hydrogens is 252 g/mol. The Bertz CT molecular complexity index is 249. The number of unbranched alkanes of at least 4 members (excludes halogenated alkanes) is 9. The average molecular weight is 284 g/mol. The van der Waals surface area contributed by atoms with Crippen LogP contribution in [-0.4, -0.2) is 11.9 Å². The van der Waals surface area contributed by atoms with Gasteiger partial charge in [0.05, 0.1) is 0 Å². The molecule has 0 aromatic rings. The maximum atomic E-state index is 11.4. The molecular formula is C17H32O3. The van der Waals surface area contributed by atoms with Gasteiger partial charge in [-0.3, -0.25) is 9.59 Å². The van der Waals surface area contributed by atoms with Gasteiger partial charge in [0.1, 0.15) is 0 Å². The fourth-order valence-corrected chi connectivity index (χ4v) is 2.15. The zero-order valence-electron chi connectivity index (χ0n) is 13.4. The van der Waals surface area contributed by atoms with Gasteiger partial charge in [0.2, 0.25) is 0 Å². The lowest BCUT2D eigenvalue weighted by Crippen LogP contribution is -2.11. The van der Waals surface area contributed by atoms with E-state index in [1.807, 2.05) is 0 Å². The Morgan fingerprint density at radius 1 is 0.600 bits per heavy atom. The molecule has 0 heterocycles. The number of esters is 2. The summed E-state index contributed by atoms with van der Waals surface area (Å²) in [5.41, 5.74) is 0. The Balaban J connectivity index is 3.37. The van der Waals surface area contributed by atoms with E-state index in [-0.39, 0.29) is 11.9 Å². The summed E-state index contributed by atoms with van der Waals surface area (Å²) in [5.74, 6) is -0.701. The fraction of sp³-hybridized carbons (Fsp3) is 0.882. The Morgan fingerprint density at radius 3 is 1.40 bits per heavy atom. The summed E-state index contributed by atoms with van der Waals surface area (Å²) in [6.45, 7) is 4.33. The van der Waals surface area contributed by atoms with E-state index in [1.165, 1.54) is 32.1 Å². The molecule has 0 radical (unpaired) electrons. The van der Waals surface area contributed by atoms with Crippen molar-refractivity contribution in [2.24, 2.45) is 0 Å². The van der Waals surface area contributed by atoms with Crippen LogP contribution in [-0.2, 0) is 14.3 Å². The number of ether oxygens (including phenoxy) is 1. The SMILES string of the molecule is CCCCCCCCCC(=O)OC(=O)CCCCCC. The standard InChI is InChI=1S/C17H32O3/c1-3-5-7-9-10-11-13-15-17(19)20-16(18)14-12-8-6-4-2/h3-15H2,1-2H3. The summed E-state index contributed by atoms with van der Waals surface area (Å²) in [5, 5.41) is 0. The first-order chi connectivity index (χ1) is 9.70. The van der Waals surface area contributed by atoms with E-state index in [4.69, 9.17) is 4.74 Å². The molecule has 0 aromatic heterocycles. The number of carbonyl (C=O) groups is 2. The van der Waals surface area contributed by atoms with Crippen molar-refractivity contribution in [3.63, 3.8) is 0 Å². The van der Waals surface area contributed by atoms with Crippen molar-refractivity contribution >= 4 is 11.9 Å². The van der Waals surface area contributed by atoms with Gasteiger partial charge < -0.3 is 4.74 Å². The Labute approximate surface area is 124 Å². The Hall–Kier alpha value is -0.860. The first-order valence-corrected chi connectivity index (χ1v) is 8.44. The van der Waals surface area contributed by atoms with Crippen molar-refractivity contribution in [3.05, 3.63) is 0 Å². The van der Waals surface area contributed by atoms with E-state index in [1.54, 1.807) is 0 Å². The third-order valence-corrected chi connectivity index (χ3v) is 3.45. The molecule has 0 unspecified atom stereocenters. The van der Waals surface area contributed by atoms with Crippen LogP contribution in [0.3, 0.4) is 0 Å². The van der Waals surface area contributed by atoms with Crippen LogP contribution in [0.5, 0.6) is 0 Å². The van der Waals surface area contributed by atoms with E-state index >= 15 is 0 Å². The zero-order chi connectivity index (χ0) is 15.1. The molecule has 0 N–H and O–H groups in total. The van der Waals surface area contributed by atoms with Gasteiger partial charge in [-0.25, -0.2) is 0 Å². The summed E-state index contributed by atoms with van der Waals surface area (Å²) in [6, 6.07) is 0. The van der Waals surface area contributed by atoms with Gasteiger partial charge in [-0.05, 0) is 12.8 Å². The Kier molecular flexibility index (Phi) is 13.9. The van der Waals surface area contributed by atoms with E-state index in [0.29, 0.717) is 12.8 Å². The highest BCUT2D eigenvalue weighted by Gasteiger charge is 2.09. The quantitative estimate of drug-likeness (QED) is 0.266. The van der Waals surface area contributed by atoms with Gasteiger partial charge in [0.25, 0.3) is 0 Å². The molecule has 0 fully saturated rings. The fourth-order valence-electron chi connectivity index (χ4n) is 2.15. The van der Waals surface area contributed by atoms with Crippen LogP contribution in [0, 0.1) is 0 Å². The van der Waals surface area contributed by atoms with Crippen molar-refractivity contribution in [3.8, 4) is 0 Å². The Morgan fingerprint density at radius 2 is 0.950 bits per heavy atom. The van der Waals surface area contributed by atoms with Crippen molar-refractivity contribution in [2.75, 3.05) is 0 Å². The average Bonchev–Trinajstić information content (AvgIpc) is 2.42. The van der Waals surface area contributed by atoms with Crippen LogP contribution >= 0.6 is 0 Å². The molecule has 0 rings (SSSR count). The lowest BCUT2D eigenvalue weighted by atomic mass is 10.1. The first kappa shape index (κ1) is 19.1. The van der Waals surface area contributed by atoms with Crippen LogP contribution in [0.15, 0.2) is 0 Å². The van der Waals surface area contributed by atoms with Gasteiger partial charge in [-0.15, -0.1) is 0 Å². The lowest BCUT2D eigenvalue weighted by Gasteiger charge is -2.03. The van der Waals surface area contributed by atoms with E-state index < -0.39 is 0 Å². The van der Waals surface area contributed by atoms with E-state index in [9.17, 15) is 9.59 Å². The van der Waals surface area contributed by atoms with E-state index in [2.05, 4.69) is 13.8 Å². The van der Waals surface area contributed by atoms with Crippen molar-refractivity contribution in [1.82, 2.24) is 0 Å². The molecule has 0 amide bonds. The summed E-state index contributed by atoms with van der Waals surface area (Å²) >= 11 is 0. The second-order valence-electron chi connectivity index (χ2n) is 5.53. The molecule has 0 aliphatic rings. The lowest BCUT2D eigenvalue weighted by molar-refractivity contribution is -0.159. The highest BCUT2D eigenvalue weighted by atomic mass is 16.6. The highest BCUT2D eigenvalue weighted by molar-refractivity contribution is 5.85. The van der Waals surface area contributed by atoms with Crippen LogP contribution in [0.2, 0.25) is 0 Å². The third-order valence-electron chi connectivity index (χ3n) is 3.45. The molecule has 20 heavy (non-hydrogen) atoms. The predicted octanol–water partition coefficient (Wildman–Crippen LogP) is 5.17. The predicted molar refractivity (Wildman–Crippen MR) is 82.5 cm³/mol. The van der Waals surface area contributed by atoms with Gasteiger partial charge in [0.15, 0.2) is 0 Å². The summed E-state index contributed by atoms with van der Waals surface area (Å²) < 4.78 is 4.80. The molecule has 0 aromatic carbocycles. The summed E-state index contributed by atoms with van der Waals surface area (Å²) in [6.07, 6.45) is 13.1. The molecule has 0 spiro atoms. The smallest absolute Gasteiger partial charge is 0.313 e. The second-order valence-corrected chi connectivity index (χ2v) is 5.53. The minimum Gasteiger partial charge on any atom is -0.393 e. The van der Waals surface area contributed by atoms with Crippen molar-refractivity contribution < 1.29 is 14.3 Å². The van der Waals surface area contributed by atoms with Gasteiger partial charge >= 0.3 is 11.9 Å². The van der Waals surface area contributed by atoms with Crippen LogP contribution < -0.4 is 0 Å². The van der Waals surface area contributed by atoms with Gasteiger partial charge in [-0.2, -0.15) is 0 Å². The normalized spacial score (nSPS) is 10.5. The first-order valence-electron chi connectivity index (χ1n) is 8.44.